The Balaban J connectivity index is 2.98. The standard InChI is InChI=1S/C11H15N3O4/c1-8(11(15)16)13(7-6-12)9-2-4-10(5-3-9)14(17)18/h2-5,8H,6-7,12H2,1H3,(H,15,16). The van der Waals surface area contributed by atoms with Crippen LogP contribution < -0.4 is 10.6 Å². The fourth-order valence-corrected chi connectivity index (χ4v) is 1.58. The molecule has 7 heteroatoms. The maximum atomic E-state index is 11.0. The van der Waals surface area contributed by atoms with Crippen LogP contribution >= 0.6 is 0 Å². The number of nitrogens with two attached hydrogens (primary N) is 1. The summed E-state index contributed by atoms with van der Waals surface area (Å²) in [5, 5.41) is 19.5. The Morgan fingerprint density at radius 2 is 2.06 bits per heavy atom. The molecule has 0 aliphatic rings. The summed E-state index contributed by atoms with van der Waals surface area (Å²) in [5.41, 5.74) is 6.01. The molecule has 0 amide bonds. The molecule has 0 saturated carbocycles. The maximum Gasteiger partial charge on any atom is 0.326 e. The van der Waals surface area contributed by atoms with Gasteiger partial charge in [0.1, 0.15) is 6.04 Å². The highest BCUT2D eigenvalue weighted by Crippen LogP contribution is 2.21. The highest BCUT2D eigenvalue weighted by molar-refractivity contribution is 5.77. The van der Waals surface area contributed by atoms with Crippen molar-refractivity contribution in [3.63, 3.8) is 0 Å². The lowest BCUT2D eigenvalue weighted by atomic mass is 10.2. The predicted octanol–water partition coefficient (Wildman–Crippen LogP) is 0.833. The molecule has 0 bridgehead atoms. The first-order chi connectivity index (χ1) is 8.47. The van der Waals surface area contributed by atoms with E-state index in [1.807, 2.05) is 0 Å². The molecule has 0 aliphatic carbocycles. The first kappa shape index (κ1) is 13.9. The van der Waals surface area contributed by atoms with Crippen molar-refractivity contribution in [3.8, 4) is 0 Å². The molecule has 1 unspecified atom stereocenters. The molecular weight excluding hydrogens is 238 g/mol. The number of nitrogens with zero attached hydrogens (tertiary/aromatic N) is 2. The van der Waals surface area contributed by atoms with Crippen LogP contribution in [0.5, 0.6) is 0 Å². The van der Waals surface area contributed by atoms with Crippen LogP contribution in [0.1, 0.15) is 6.92 Å². The summed E-state index contributed by atoms with van der Waals surface area (Å²) in [6, 6.07) is 4.98. The van der Waals surface area contributed by atoms with E-state index in [2.05, 4.69) is 0 Å². The van der Waals surface area contributed by atoms with Crippen LogP contribution in [-0.2, 0) is 4.79 Å². The smallest absolute Gasteiger partial charge is 0.326 e. The number of anilines is 1. The second-order valence-electron chi connectivity index (χ2n) is 3.77. The van der Waals surface area contributed by atoms with Crippen molar-refractivity contribution in [3.05, 3.63) is 34.4 Å². The monoisotopic (exact) mass is 253 g/mol. The summed E-state index contributed by atoms with van der Waals surface area (Å²) in [6.07, 6.45) is 0. The van der Waals surface area contributed by atoms with E-state index in [0.717, 1.165) is 0 Å². The third-order valence-electron chi connectivity index (χ3n) is 2.59. The third kappa shape index (κ3) is 3.17. The van der Waals surface area contributed by atoms with Crippen molar-refractivity contribution in [1.82, 2.24) is 0 Å². The van der Waals surface area contributed by atoms with Gasteiger partial charge in [0.25, 0.3) is 5.69 Å². The van der Waals surface area contributed by atoms with Gasteiger partial charge in [-0.05, 0) is 19.1 Å². The molecule has 0 aromatic heterocycles. The summed E-state index contributed by atoms with van der Waals surface area (Å²) in [6.45, 7) is 2.21. The number of rotatable bonds is 6. The van der Waals surface area contributed by atoms with Gasteiger partial charge in [0.15, 0.2) is 0 Å². The Labute approximate surface area is 104 Å². The lowest BCUT2D eigenvalue weighted by Crippen LogP contribution is -2.42. The Bertz CT molecular complexity index is 432. The van der Waals surface area contributed by atoms with Crippen molar-refractivity contribution in [2.24, 2.45) is 5.73 Å². The first-order valence-corrected chi connectivity index (χ1v) is 5.41. The average Bonchev–Trinajstić information content (AvgIpc) is 2.35. The van der Waals surface area contributed by atoms with E-state index in [9.17, 15) is 14.9 Å². The van der Waals surface area contributed by atoms with Crippen LogP contribution in [-0.4, -0.2) is 35.1 Å². The van der Waals surface area contributed by atoms with Crippen LogP contribution in [0.15, 0.2) is 24.3 Å². The van der Waals surface area contributed by atoms with E-state index in [1.54, 1.807) is 11.8 Å². The number of nitro groups is 1. The Morgan fingerprint density at radius 3 is 2.44 bits per heavy atom. The third-order valence-corrected chi connectivity index (χ3v) is 2.59. The summed E-state index contributed by atoms with van der Waals surface area (Å²) < 4.78 is 0. The zero-order valence-corrected chi connectivity index (χ0v) is 9.94. The number of hydrogen-bond donors (Lipinski definition) is 2. The quantitative estimate of drug-likeness (QED) is 0.574. The van der Waals surface area contributed by atoms with E-state index in [-0.39, 0.29) is 5.69 Å². The van der Waals surface area contributed by atoms with Crippen LogP contribution in [0.2, 0.25) is 0 Å². The Hall–Kier alpha value is -2.15. The molecule has 3 N–H and O–H groups in total. The molecule has 1 aromatic carbocycles. The van der Waals surface area contributed by atoms with Gasteiger partial charge >= 0.3 is 5.97 Å². The van der Waals surface area contributed by atoms with Gasteiger partial charge in [0.2, 0.25) is 0 Å². The van der Waals surface area contributed by atoms with Crippen LogP contribution in [0.25, 0.3) is 0 Å². The number of aliphatic carboxylic acids is 1. The van der Waals surface area contributed by atoms with Gasteiger partial charge in [-0.15, -0.1) is 0 Å². The van der Waals surface area contributed by atoms with E-state index in [0.29, 0.717) is 18.8 Å². The van der Waals surface area contributed by atoms with Crippen LogP contribution in [0, 0.1) is 10.1 Å². The molecule has 0 fully saturated rings. The van der Waals surface area contributed by atoms with Crippen LogP contribution in [0.4, 0.5) is 11.4 Å². The number of carboxylic acid groups (broad SMARTS) is 1. The molecule has 1 atom stereocenters. The van der Waals surface area contributed by atoms with Gasteiger partial charge in [0, 0.05) is 30.9 Å². The number of hydrogen-bond acceptors (Lipinski definition) is 5. The zero-order chi connectivity index (χ0) is 13.7. The van der Waals surface area contributed by atoms with Gasteiger partial charge in [-0.25, -0.2) is 4.79 Å². The molecule has 0 heterocycles. The normalized spacial score (nSPS) is 11.9. The fourth-order valence-electron chi connectivity index (χ4n) is 1.58. The maximum absolute atomic E-state index is 11.0. The number of carboxylic acids is 1. The number of non-ortho nitro benzene ring substituents is 1. The van der Waals surface area contributed by atoms with Gasteiger partial charge in [0.05, 0.1) is 4.92 Å². The van der Waals surface area contributed by atoms with Gasteiger partial charge in [-0.1, -0.05) is 0 Å². The molecule has 0 aliphatic heterocycles. The highest BCUT2D eigenvalue weighted by atomic mass is 16.6. The molecule has 1 aromatic rings. The second-order valence-corrected chi connectivity index (χ2v) is 3.77. The molecule has 0 saturated heterocycles. The first-order valence-electron chi connectivity index (χ1n) is 5.41. The molecular formula is C11H15N3O4. The van der Waals surface area contributed by atoms with Crippen molar-refractivity contribution in [2.45, 2.75) is 13.0 Å². The molecule has 0 spiro atoms. The molecule has 1 rings (SSSR count). The largest absolute Gasteiger partial charge is 0.480 e. The van der Waals surface area contributed by atoms with E-state index >= 15 is 0 Å². The van der Waals surface area contributed by atoms with Gasteiger partial charge in [-0.3, -0.25) is 10.1 Å². The topological polar surface area (TPSA) is 110 Å². The second kappa shape index (κ2) is 5.97. The molecule has 18 heavy (non-hydrogen) atoms. The number of benzene rings is 1. The molecule has 98 valence electrons. The Kier molecular flexibility index (Phi) is 4.61. The van der Waals surface area contributed by atoms with E-state index in [1.165, 1.54) is 24.3 Å². The van der Waals surface area contributed by atoms with E-state index < -0.39 is 16.9 Å². The minimum Gasteiger partial charge on any atom is -0.480 e. The minimum atomic E-state index is -0.971. The predicted molar refractivity (Wildman–Crippen MR) is 66.6 cm³/mol. The summed E-state index contributed by atoms with van der Waals surface area (Å²) >= 11 is 0. The van der Waals surface area contributed by atoms with Gasteiger partial charge < -0.3 is 15.7 Å². The fraction of sp³-hybridized carbons (Fsp3) is 0.364. The molecule has 7 nitrogen and oxygen atoms in total. The van der Waals surface area contributed by atoms with Crippen molar-refractivity contribution in [1.29, 1.82) is 0 Å². The number of nitro benzene ring substituents is 1. The van der Waals surface area contributed by atoms with Crippen molar-refractivity contribution >= 4 is 17.3 Å². The lowest BCUT2D eigenvalue weighted by Gasteiger charge is -2.28. The van der Waals surface area contributed by atoms with Crippen molar-refractivity contribution in [2.75, 3.05) is 18.0 Å². The summed E-state index contributed by atoms with van der Waals surface area (Å²) in [5.74, 6) is -0.971. The highest BCUT2D eigenvalue weighted by Gasteiger charge is 2.20. The average molecular weight is 253 g/mol. The lowest BCUT2D eigenvalue weighted by molar-refractivity contribution is -0.384. The van der Waals surface area contributed by atoms with Crippen molar-refractivity contribution < 1.29 is 14.8 Å². The summed E-state index contributed by atoms with van der Waals surface area (Å²) in [7, 11) is 0. The molecule has 0 radical (unpaired) electrons. The minimum absolute atomic E-state index is 0.0329. The SMILES string of the molecule is CC(C(=O)O)N(CCN)c1ccc([N+](=O)[O-])cc1. The summed E-state index contributed by atoms with van der Waals surface area (Å²) in [4.78, 5) is 22.6. The number of carbonyl (C=O) groups is 1. The van der Waals surface area contributed by atoms with Gasteiger partial charge in [-0.2, -0.15) is 0 Å². The Morgan fingerprint density at radius 1 is 1.50 bits per heavy atom. The van der Waals surface area contributed by atoms with E-state index in [4.69, 9.17) is 10.8 Å². The zero-order valence-electron chi connectivity index (χ0n) is 9.94. The van der Waals surface area contributed by atoms with Crippen LogP contribution in [0.3, 0.4) is 0 Å².